The van der Waals surface area contributed by atoms with Crippen molar-refractivity contribution in [3.8, 4) is 5.75 Å². The molecule has 2 heterocycles. The summed E-state index contributed by atoms with van der Waals surface area (Å²) in [7, 11) is 1.62. The number of hydrogen-bond donors (Lipinski definition) is 0. The van der Waals surface area contributed by atoms with Gasteiger partial charge in [0.2, 0.25) is 0 Å². The number of carbonyl (C=O) groups excluding carboxylic acids is 1. The Morgan fingerprint density at radius 2 is 1.96 bits per heavy atom. The van der Waals surface area contributed by atoms with Crippen LogP contribution in [0.3, 0.4) is 0 Å². The van der Waals surface area contributed by atoms with Gasteiger partial charge in [-0.1, -0.05) is 36.4 Å². The molecule has 1 aromatic heterocycles. The molecule has 0 unspecified atom stereocenters. The molecule has 6 nitrogen and oxygen atoms in total. The van der Waals surface area contributed by atoms with E-state index in [-0.39, 0.29) is 18.5 Å². The minimum Gasteiger partial charge on any atom is -0.497 e. The fraction of sp³-hybridized carbons (Fsp3) is 0.318. The van der Waals surface area contributed by atoms with Crippen LogP contribution in [0.5, 0.6) is 5.75 Å². The minimum absolute atomic E-state index is 0.0581. The van der Waals surface area contributed by atoms with E-state index in [9.17, 15) is 4.79 Å². The molecule has 0 atom stereocenters. The van der Waals surface area contributed by atoms with E-state index in [4.69, 9.17) is 9.47 Å². The van der Waals surface area contributed by atoms with Crippen LogP contribution in [0, 0.1) is 0 Å². The molecule has 0 saturated carbocycles. The van der Waals surface area contributed by atoms with E-state index < -0.39 is 0 Å². The van der Waals surface area contributed by atoms with Crippen LogP contribution in [0.2, 0.25) is 0 Å². The van der Waals surface area contributed by atoms with Gasteiger partial charge in [-0.2, -0.15) is 5.10 Å². The van der Waals surface area contributed by atoms with Gasteiger partial charge in [0.1, 0.15) is 11.9 Å². The Bertz CT molecular complexity index is 963. The number of rotatable bonds is 5. The van der Waals surface area contributed by atoms with Crippen molar-refractivity contribution in [2.24, 2.45) is 0 Å². The normalized spacial score (nSPS) is 14.8. The molecule has 28 heavy (non-hydrogen) atoms. The first-order chi connectivity index (χ1) is 13.7. The van der Waals surface area contributed by atoms with Crippen molar-refractivity contribution in [1.29, 1.82) is 0 Å². The molecule has 0 amide bonds. The SMILES string of the molecule is COc1cccc(CC(=O)OC2CCN(c3nncc4ccccc34)CC2)c1. The van der Waals surface area contributed by atoms with Crippen LogP contribution in [-0.4, -0.2) is 42.5 Å². The lowest BCUT2D eigenvalue weighted by Gasteiger charge is -2.32. The van der Waals surface area contributed by atoms with E-state index >= 15 is 0 Å². The standard InChI is InChI=1S/C22H23N3O3/c1-27-19-7-4-5-16(13-19)14-21(26)28-18-9-11-25(12-10-18)22-20-8-3-2-6-17(20)15-23-24-22/h2-8,13,15,18H,9-12,14H2,1H3. The zero-order valence-corrected chi connectivity index (χ0v) is 15.9. The molecule has 0 radical (unpaired) electrons. The van der Waals surface area contributed by atoms with Crippen LogP contribution in [0.15, 0.2) is 54.7 Å². The molecule has 4 rings (SSSR count). The van der Waals surface area contributed by atoms with Crippen molar-refractivity contribution in [2.75, 3.05) is 25.1 Å². The summed E-state index contributed by atoms with van der Waals surface area (Å²) < 4.78 is 10.9. The molecule has 3 aromatic rings. The fourth-order valence-electron chi connectivity index (χ4n) is 3.61. The number of fused-ring (bicyclic) bond motifs is 1. The number of nitrogens with zero attached hydrogens (tertiary/aromatic N) is 3. The summed E-state index contributed by atoms with van der Waals surface area (Å²) in [4.78, 5) is 14.5. The third-order valence-electron chi connectivity index (χ3n) is 5.07. The number of hydrogen-bond acceptors (Lipinski definition) is 6. The van der Waals surface area contributed by atoms with Gasteiger partial charge in [-0.15, -0.1) is 5.10 Å². The molecule has 1 aliphatic heterocycles. The highest BCUT2D eigenvalue weighted by Crippen LogP contribution is 2.26. The molecule has 0 N–H and O–H groups in total. The summed E-state index contributed by atoms with van der Waals surface area (Å²) >= 11 is 0. The third kappa shape index (κ3) is 4.06. The maximum Gasteiger partial charge on any atom is 0.310 e. The second kappa shape index (κ2) is 8.25. The summed E-state index contributed by atoms with van der Waals surface area (Å²) in [5.41, 5.74) is 0.896. The van der Waals surface area contributed by atoms with Crippen LogP contribution in [0.1, 0.15) is 18.4 Å². The monoisotopic (exact) mass is 377 g/mol. The highest BCUT2D eigenvalue weighted by atomic mass is 16.5. The van der Waals surface area contributed by atoms with Crippen molar-refractivity contribution in [3.63, 3.8) is 0 Å². The average molecular weight is 377 g/mol. The van der Waals surface area contributed by atoms with Crippen molar-refractivity contribution in [2.45, 2.75) is 25.4 Å². The average Bonchev–Trinajstić information content (AvgIpc) is 2.74. The lowest BCUT2D eigenvalue weighted by atomic mass is 10.1. The molecule has 1 aliphatic rings. The molecular weight excluding hydrogens is 354 g/mol. The second-order valence-electron chi connectivity index (χ2n) is 6.96. The van der Waals surface area contributed by atoms with E-state index in [0.29, 0.717) is 0 Å². The molecule has 1 saturated heterocycles. The highest BCUT2D eigenvalue weighted by molar-refractivity contribution is 5.91. The molecular formula is C22H23N3O3. The Balaban J connectivity index is 1.34. The van der Waals surface area contributed by atoms with Crippen LogP contribution in [0.4, 0.5) is 5.82 Å². The number of methoxy groups -OCH3 is 1. The van der Waals surface area contributed by atoms with Crippen molar-refractivity contribution in [3.05, 3.63) is 60.3 Å². The first kappa shape index (κ1) is 18.2. The molecule has 1 fully saturated rings. The summed E-state index contributed by atoms with van der Waals surface area (Å²) in [6.45, 7) is 1.58. The zero-order chi connectivity index (χ0) is 19.3. The van der Waals surface area contributed by atoms with Gasteiger partial charge in [-0.3, -0.25) is 4.79 Å². The lowest BCUT2D eigenvalue weighted by molar-refractivity contribution is -0.149. The number of carbonyl (C=O) groups is 1. The maximum atomic E-state index is 12.3. The van der Waals surface area contributed by atoms with Gasteiger partial charge in [0.15, 0.2) is 5.82 Å². The van der Waals surface area contributed by atoms with Crippen LogP contribution in [-0.2, 0) is 16.0 Å². The van der Waals surface area contributed by atoms with E-state index in [1.807, 2.05) is 42.5 Å². The fourth-order valence-corrected chi connectivity index (χ4v) is 3.61. The largest absolute Gasteiger partial charge is 0.497 e. The predicted molar refractivity (Wildman–Crippen MR) is 108 cm³/mol. The topological polar surface area (TPSA) is 64.6 Å². The Hall–Kier alpha value is -3.15. The number of ether oxygens (including phenoxy) is 2. The number of anilines is 1. The van der Waals surface area contributed by atoms with E-state index in [1.54, 1.807) is 13.3 Å². The van der Waals surface area contributed by atoms with E-state index in [2.05, 4.69) is 21.2 Å². The van der Waals surface area contributed by atoms with Gasteiger partial charge in [0, 0.05) is 36.7 Å². The summed E-state index contributed by atoms with van der Waals surface area (Å²) in [6, 6.07) is 15.6. The Morgan fingerprint density at radius 3 is 2.79 bits per heavy atom. The molecule has 0 aliphatic carbocycles. The first-order valence-corrected chi connectivity index (χ1v) is 9.51. The maximum absolute atomic E-state index is 12.3. The highest BCUT2D eigenvalue weighted by Gasteiger charge is 2.24. The zero-order valence-electron chi connectivity index (χ0n) is 15.9. The van der Waals surface area contributed by atoms with Crippen LogP contribution in [0.25, 0.3) is 10.8 Å². The van der Waals surface area contributed by atoms with Gasteiger partial charge in [-0.05, 0) is 17.7 Å². The van der Waals surface area contributed by atoms with Crippen molar-refractivity contribution < 1.29 is 14.3 Å². The lowest BCUT2D eigenvalue weighted by Crippen LogP contribution is -2.38. The molecule has 0 bridgehead atoms. The molecule has 2 aromatic carbocycles. The van der Waals surface area contributed by atoms with Crippen LogP contribution < -0.4 is 9.64 Å². The van der Waals surface area contributed by atoms with Gasteiger partial charge in [0.25, 0.3) is 0 Å². The molecule has 0 spiro atoms. The number of aromatic nitrogens is 2. The molecule has 6 heteroatoms. The number of esters is 1. The second-order valence-corrected chi connectivity index (χ2v) is 6.96. The quantitative estimate of drug-likeness (QED) is 0.635. The van der Waals surface area contributed by atoms with Crippen molar-refractivity contribution >= 4 is 22.6 Å². The number of benzene rings is 2. The summed E-state index contributed by atoms with van der Waals surface area (Å²) in [5, 5.41) is 10.7. The summed E-state index contributed by atoms with van der Waals surface area (Å²) in [5.74, 6) is 1.45. The van der Waals surface area contributed by atoms with E-state index in [1.165, 1.54) is 0 Å². The predicted octanol–water partition coefficient (Wildman–Crippen LogP) is 3.39. The van der Waals surface area contributed by atoms with Crippen molar-refractivity contribution in [1.82, 2.24) is 10.2 Å². The number of piperidine rings is 1. The minimum atomic E-state index is -0.198. The van der Waals surface area contributed by atoms with Gasteiger partial charge in [0.05, 0.1) is 19.7 Å². The first-order valence-electron chi connectivity index (χ1n) is 9.51. The van der Waals surface area contributed by atoms with Gasteiger partial charge >= 0.3 is 5.97 Å². The third-order valence-corrected chi connectivity index (χ3v) is 5.07. The Morgan fingerprint density at radius 1 is 1.14 bits per heavy atom. The summed E-state index contributed by atoms with van der Waals surface area (Å²) in [6.07, 6.45) is 3.55. The van der Waals surface area contributed by atoms with Gasteiger partial charge < -0.3 is 14.4 Å². The van der Waals surface area contributed by atoms with Gasteiger partial charge in [-0.25, -0.2) is 0 Å². The van der Waals surface area contributed by atoms with Crippen LogP contribution >= 0.6 is 0 Å². The van der Waals surface area contributed by atoms with E-state index in [0.717, 1.165) is 53.8 Å². The molecule has 144 valence electrons. The smallest absolute Gasteiger partial charge is 0.310 e. The Labute approximate surface area is 164 Å². The Kier molecular flexibility index (Phi) is 5.37.